The van der Waals surface area contributed by atoms with Crippen molar-refractivity contribution >= 4 is 27.1 Å². The molecule has 0 fully saturated rings. The summed E-state index contributed by atoms with van der Waals surface area (Å²) in [5.41, 5.74) is 5.83. The maximum Gasteiger partial charge on any atom is 0.239 e. The molecule has 1 rings (SSSR count). The highest BCUT2D eigenvalue weighted by Crippen LogP contribution is 2.19. The number of hydrogen-bond acceptors (Lipinski definition) is 4. The molecule has 20 heavy (non-hydrogen) atoms. The Bertz CT molecular complexity index is 573. The molecule has 1 amide bonds. The number of nitrogens with two attached hydrogens (primary N) is 1. The maximum absolute atomic E-state index is 13.0. The van der Waals surface area contributed by atoms with E-state index >= 15 is 0 Å². The largest absolute Gasteiger partial charge is 0.397 e. The van der Waals surface area contributed by atoms with E-state index in [-0.39, 0.29) is 17.1 Å². The van der Waals surface area contributed by atoms with E-state index in [0.29, 0.717) is 6.42 Å². The fourth-order valence-electron chi connectivity index (χ4n) is 1.67. The first-order valence-corrected chi connectivity index (χ1v) is 8.21. The van der Waals surface area contributed by atoms with Crippen molar-refractivity contribution in [1.29, 1.82) is 0 Å². The zero-order valence-electron chi connectivity index (χ0n) is 11.4. The van der Waals surface area contributed by atoms with Crippen LogP contribution in [-0.4, -0.2) is 25.8 Å². The van der Waals surface area contributed by atoms with Gasteiger partial charge in [-0.2, -0.15) is 0 Å². The number of nitrogen functional groups attached to an aromatic ring is 1. The van der Waals surface area contributed by atoms with Gasteiger partial charge in [-0.1, -0.05) is 19.8 Å². The number of anilines is 2. The van der Waals surface area contributed by atoms with Crippen molar-refractivity contribution in [1.82, 2.24) is 0 Å². The summed E-state index contributed by atoms with van der Waals surface area (Å²) in [6, 6.07) is 3.52. The molecule has 0 aliphatic carbocycles. The molecule has 7 heteroatoms. The fraction of sp³-hybridized carbons (Fsp3) is 0.462. The molecule has 0 bridgehead atoms. The predicted octanol–water partition coefficient (Wildman–Crippen LogP) is 1.95. The molecule has 0 unspecified atom stereocenters. The molecule has 0 spiro atoms. The van der Waals surface area contributed by atoms with Gasteiger partial charge in [-0.15, -0.1) is 0 Å². The Morgan fingerprint density at radius 2 is 2.05 bits per heavy atom. The maximum atomic E-state index is 13.0. The van der Waals surface area contributed by atoms with Gasteiger partial charge >= 0.3 is 0 Å². The van der Waals surface area contributed by atoms with Crippen LogP contribution in [0.5, 0.6) is 0 Å². The Labute approximate surface area is 118 Å². The Balaban J connectivity index is 2.61. The van der Waals surface area contributed by atoms with Gasteiger partial charge in [0.15, 0.2) is 9.84 Å². The molecule has 0 aliphatic heterocycles. The van der Waals surface area contributed by atoms with Crippen LogP contribution in [0.1, 0.15) is 26.2 Å². The van der Waals surface area contributed by atoms with Gasteiger partial charge in [-0.05, 0) is 24.6 Å². The lowest BCUT2D eigenvalue weighted by Crippen LogP contribution is -2.25. The van der Waals surface area contributed by atoms with Crippen molar-refractivity contribution in [3.63, 3.8) is 0 Å². The van der Waals surface area contributed by atoms with Gasteiger partial charge in [0, 0.05) is 0 Å². The quantitative estimate of drug-likeness (QED) is 0.595. The summed E-state index contributed by atoms with van der Waals surface area (Å²) in [5.74, 6) is -1.90. The minimum absolute atomic E-state index is 0.0209. The third-order valence-electron chi connectivity index (χ3n) is 2.70. The van der Waals surface area contributed by atoms with Crippen LogP contribution in [0.2, 0.25) is 0 Å². The van der Waals surface area contributed by atoms with E-state index in [9.17, 15) is 17.6 Å². The lowest BCUT2D eigenvalue weighted by molar-refractivity contribution is -0.113. The smallest absolute Gasteiger partial charge is 0.239 e. The predicted molar refractivity (Wildman–Crippen MR) is 77.6 cm³/mol. The third kappa shape index (κ3) is 5.56. The van der Waals surface area contributed by atoms with Crippen molar-refractivity contribution in [2.75, 3.05) is 22.6 Å². The molecule has 0 radical (unpaired) electrons. The number of benzene rings is 1. The molecule has 0 aromatic heterocycles. The van der Waals surface area contributed by atoms with Crippen LogP contribution in [0.3, 0.4) is 0 Å². The second-order valence-corrected chi connectivity index (χ2v) is 6.76. The number of sulfone groups is 1. The summed E-state index contributed by atoms with van der Waals surface area (Å²) in [5, 5.41) is 2.31. The molecule has 0 atom stereocenters. The molecule has 0 heterocycles. The molecule has 0 saturated heterocycles. The van der Waals surface area contributed by atoms with E-state index in [1.165, 1.54) is 6.07 Å². The lowest BCUT2D eigenvalue weighted by Gasteiger charge is -2.08. The molecule has 0 saturated carbocycles. The van der Waals surface area contributed by atoms with Crippen molar-refractivity contribution < 1.29 is 17.6 Å². The minimum Gasteiger partial charge on any atom is -0.397 e. The van der Waals surface area contributed by atoms with E-state index < -0.39 is 27.3 Å². The minimum atomic E-state index is -3.44. The normalized spacial score (nSPS) is 11.3. The van der Waals surface area contributed by atoms with Gasteiger partial charge < -0.3 is 11.1 Å². The summed E-state index contributed by atoms with van der Waals surface area (Å²) in [7, 11) is -3.44. The zero-order valence-corrected chi connectivity index (χ0v) is 12.2. The highest BCUT2D eigenvalue weighted by atomic mass is 32.2. The third-order valence-corrected chi connectivity index (χ3v) is 4.31. The highest BCUT2D eigenvalue weighted by Gasteiger charge is 2.17. The second-order valence-electron chi connectivity index (χ2n) is 4.58. The summed E-state index contributed by atoms with van der Waals surface area (Å²) >= 11 is 0. The Kier molecular flexibility index (Phi) is 5.94. The SMILES string of the molecule is CCCCCS(=O)(=O)CC(=O)Nc1cc(F)ccc1N. The first-order valence-electron chi connectivity index (χ1n) is 6.39. The average molecular weight is 302 g/mol. The average Bonchev–Trinajstić information content (AvgIpc) is 2.33. The van der Waals surface area contributed by atoms with Gasteiger partial charge in [-0.25, -0.2) is 12.8 Å². The number of carbonyl (C=O) groups is 1. The standard InChI is InChI=1S/C13H19FN2O3S/c1-2-3-4-7-20(18,19)9-13(17)16-12-8-10(14)5-6-11(12)15/h5-6,8H,2-4,7,9,15H2,1H3,(H,16,17). The molecule has 5 nitrogen and oxygen atoms in total. The summed E-state index contributed by atoms with van der Waals surface area (Å²) in [6.45, 7) is 1.96. The summed E-state index contributed by atoms with van der Waals surface area (Å²) in [4.78, 5) is 11.7. The second kappa shape index (κ2) is 7.23. The lowest BCUT2D eigenvalue weighted by atomic mass is 10.2. The van der Waals surface area contributed by atoms with E-state index in [0.717, 1.165) is 25.0 Å². The van der Waals surface area contributed by atoms with Crippen LogP contribution < -0.4 is 11.1 Å². The number of amides is 1. The van der Waals surface area contributed by atoms with Crippen LogP contribution in [0.4, 0.5) is 15.8 Å². The van der Waals surface area contributed by atoms with Crippen LogP contribution in [-0.2, 0) is 14.6 Å². The Hall–Kier alpha value is -1.63. The fourth-order valence-corrected chi connectivity index (χ4v) is 2.93. The number of unbranched alkanes of at least 4 members (excludes halogenated alkanes) is 2. The topological polar surface area (TPSA) is 89.3 Å². The number of halogens is 1. The van der Waals surface area contributed by atoms with Gasteiger partial charge in [-0.3, -0.25) is 4.79 Å². The first-order chi connectivity index (χ1) is 9.34. The van der Waals surface area contributed by atoms with Crippen molar-refractivity contribution in [3.8, 4) is 0 Å². The van der Waals surface area contributed by atoms with Crippen LogP contribution in [0.15, 0.2) is 18.2 Å². The molecule has 1 aromatic rings. The van der Waals surface area contributed by atoms with Crippen molar-refractivity contribution in [3.05, 3.63) is 24.0 Å². The molecule has 3 N–H and O–H groups in total. The van der Waals surface area contributed by atoms with E-state index in [2.05, 4.69) is 5.32 Å². The number of nitrogens with one attached hydrogen (secondary N) is 1. The van der Waals surface area contributed by atoms with Gasteiger partial charge in [0.05, 0.1) is 17.1 Å². The van der Waals surface area contributed by atoms with Crippen LogP contribution >= 0.6 is 0 Å². The van der Waals surface area contributed by atoms with Crippen LogP contribution in [0.25, 0.3) is 0 Å². The monoisotopic (exact) mass is 302 g/mol. The summed E-state index contributed by atoms with van der Waals surface area (Å²) < 4.78 is 36.4. The van der Waals surface area contributed by atoms with Crippen molar-refractivity contribution in [2.24, 2.45) is 0 Å². The van der Waals surface area contributed by atoms with Gasteiger partial charge in [0.25, 0.3) is 0 Å². The number of rotatable bonds is 7. The van der Waals surface area contributed by atoms with E-state index in [1.54, 1.807) is 0 Å². The highest BCUT2D eigenvalue weighted by molar-refractivity contribution is 7.92. The molecule has 1 aromatic carbocycles. The Morgan fingerprint density at radius 1 is 1.35 bits per heavy atom. The molecule has 112 valence electrons. The molecular formula is C13H19FN2O3S. The number of hydrogen-bond donors (Lipinski definition) is 2. The molecular weight excluding hydrogens is 283 g/mol. The van der Waals surface area contributed by atoms with Gasteiger partial charge in [0.1, 0.15) is 11.6 Å². The van der Waals surface area contributed by atoms with Crippen molar-refractivity contribution in [2.45, 2.75) is 26.2 Å². The zero-order chi connectivity index (χ0) is 15.2. The first kappa shape index (κ1) is 16.4. The van der Waals surface area contributed by atoms with E-state index in [4.69, 9.17) is 5.73 Å². The molecule has 0 aliphatic rings. The Morgan fingerprint density at radius 3 is 2.70 bits per heavy atom. The van der Waals surface area contributed by atoms with Crippen LogP contribution in [0, 0.1) is 5.82 Å². The number of carbonyl (C=O) groups excluding carboxylic acids is 1. The van der Waals surface area contributed by atoms with Gasteiger partial charge in [0.2, 0.25) is 5.91 Å². The van der Waals surface area contributed by atoms with E-state index in [1.807, 2.05) is 6.92 Å². The summed E-state index contributed by atoms with van der Waals surface area (Å²) in [6.07, 6.45) is 2.24.